The molecule has 1 heterocycles. The van der Waals surface area contributed by atoms with Crippen molar-refractivity contribution in [3.05, 3.63) is 29.8 Å². The lowest BCUT2D eigenvalue weighted by atomic mass is 9.87. The van der Waals surface area contributed by atoms with Crippen LogP contribution in [-0.2, 0) is 10.2 Å². The molecular weight excluding hydrogens is 280 g/mol. The Bertz CT molecular complexity index is 479. The first kappa shape index (κ1) is 16.4. The van der Waals surface area contributed by atoms with E-state index in [1.165, 1.54) is 5.56 Å². The zero-order chi connectivity index (χ0) is 15.5. The average molecular weight is 306 g/mol. The van der Waals surface area contributed by atoms with Crippen molar-refractivity contribution in [2.45, 2.75) is 50.0 Å². The third kappa shape index (κ3) is 4.24. The predicted octanol–water partition coefficient (Wildman–Crippen LogP) is 3.03. The van der Waals surface area contributed by atoms with Crippen LogP contribution >= 0.6 is 11.8 Å². The summed E-state index contributed by atoms with van der Waals surface area (Å²) in [6.45, 7) is 8.07. The quantitative estimate of drug-likeness (QED) is 0.870. The van der Waals surface area contributed by atoms with Crippen LogP contribution in [0.3, 0.4) is 0 Å². The number of hydrogen-bond acceptors (Lipinski definition) is 3. The fraction of sp³-hybridized carbons (Fsp3) is 0.588. The standard InChI is InChI=1S/C17H26N2OS/c1-17(2,3)13-6-8-15(9-7-13)21-12-16(20)19-10-4-5-14(19)11-18/h6-9,14H,4-5,10-12,18H2,1-3H3. The molecule has 1 amide bonds. The number of amides is 1. The summed E-state index contributed by atoms with van der Waals surface area (Å²) >= 11 is 1.62. The highest BCUT2D eigenvalue weighted by molar-refractivity contribution is 8.00. The van der Waals surface area contributed by atoms with E-state index in [1.807, 2.05) is 4.90 Å². The van der Waals surface area contributed by atoms with Crippen LogP contribution in [0, 0.1) is 0 Å². The minimum absolute atomic E-state index is 0.170. The second-order valence-corrected chi connectivity index (χ2v) is 7.73. The minimum Gasteiger partial charge on any atom is -0.338 e. The number of nitrogens with two attached hydrogens (primary N) is 1. The van der Waals surface area contributed by atoms with Crippen molar-refractivity contribution in [2.24, 2.45) is 5.73 Å². The number of hydrogen-bond donors (Lipinski definition) is 1. The van der Waals surface area contributed by atoms with Crippen LogP contribution in [-0.4, -0.2) is 35.7 Å². The van der Waals surface area contributed by atoms with Crippen LogP contribution in [0.25, 0.3) is 0 Å². The topological polar surface area (TPSA) is 46.3 Å². The molecular formula is C17H26N2OS. The third-order valence-electron chi connectivity index (χ3n) is 4.05. The van der Waals surface area contributed by atoms with Gasteiger partial charge in [-0.3, -0.25) is 4.79 Å². The summed E-state index contributed by atoms with van der Waals surface area (Å²) in [6.07, 6.45) is 2.13. The molecule has 0 aliphatic carbocycles. The molecule has 1 aromatic rings. The summed E-state index contributed by atoms with van der Waals surface area (Å²) in [6, 6.07) is 8.80. The third-order valence-corrected chi connectivity index (χ3v) is 5.05. The van der Waals surface area contributed by atoms with Gasteiger partial charge in [-0.05, 0) is 36.0 Å². The first-order valence-corrected chi connectivity index (χ1v) is 8.63. The van der Waals surface area contributed by atoms with E-state index < -0.39 is 0 Å². The minimum atomic E-state index is 0.170. The lowest BCUT2D eigenvalue weighted by Gasteiger charge is -2.23. The van der Waals surface area contributed by atoms with Crippen LogP contribution < -0.4 is 5.73 Å². The van der Waals surface area contributed by atoms with Gasteiger partial charge in [0, 0.05) is 24.0 Å². The Labute approximate surface area is 132 Å². The Hall–Kier alpha value is -1.00. The molecule has 21 heavy (non-hydrogen) atoms. The van der Waals surface area contributed by atoms with Gasteiger partial charge in [0.25, 0.3) is 0 Å². The number of rotatable bonds is 4. The van der Waals surface area contributed by atoms with E-state index in [9.17, 15) is 4.79 Å². The van der Waals surface area contributed by atoms with Crippen LogP contribution in [0.15, 0.2) is 29.2 Å². The fourth-order valence-corrected chi connectivity index (χ4v) is 3.47. The van der Waals surface area contributed by atoms with E-state index in [0.29, 0.717) is 12.3 Å². The maximum absolute atomic E-state index is 12.3. The number of carbonyl (C=O) groups is 1. The largest absolute Gasteiger partial charge is 0.338 e. The van der Waals surface area contributed by atoms with Crippen LogP contribution in [0.4, 0.5) is 0 Å². The molecule has 1 saturated heterocycles. The summed E-state index contributed by atoms with van der Waals surface area (Å²) in [4.78, 5) is 15.4. The Balaban J connectivity index is 1.89. The van der Waals surface area contributed by atoms with Crippen molar-refractivity contribution >= 4 is 17.7 Å². The fourth-order valence-electron chi connectivity index (χ4n) is 2.69. The van der Waals surface area contributed by atoms with Gasteiger partial charge >= 0.3 is 0 Å². The van der Waals surface area contributed by atoms with E-state index in [-0.39, 0.29) is 17.4 Å². The second-order valence-electron chi connectivity index (χ2n) is 6.68. The lowest BCUT2D eigenvalue weighted by Crippen LogP contribution is -2.40. The van der Waals surface area contributed by atoms with Gasteiger partial charge in [0.15, 0.2) is 0 Å². The Kier molecular flexibility index (Phi) is 5.33. The van der Waals surface area contributed by atoms with Crippen molar-refractivity contribution in [1.82, 2.24) is 4.90 Å². The summed E-state index contributed by atoms with van der Waals surface area (Å²) in [7, 11) is 0. The Morgan fingerprint density at radius 1 is 1.33 bits per heavy atom. The highest BCUT2D eigenvalue weighted by Gasteiger charge is 2.27. The molecule has 0 saturated carbocycles. The van der Waals surface area contributed by atoms with Gasteiger partial charge in [0.1, 0.15) is 0 Å². The van der Waals surface area contributed by atoms with E-state index in [2.05, 4.69) is 45.0 Å². The Morgan fingerprint density at radius 3 is 2.57 bits per heavy atom. The van der Waals surface area contributed by atoms with E-state index in [1.54, 1.807) is 11.8 Å². The Morgan fingerprint density at radius 2 is 2.00 bits per heavy atom. The van der Waals surface area contributed by atoms with Gasteiger partial charge < -0.3 is 10.6 Å². The summed E-state index contributed by atoms with van der Waals surface area (Å²) in [5, 5.41) is 0. The number of thioether (sulfide) groups is 1. The molecule has 4 heteroatoms. The smallest absolute Gasteiger partial charge is 0.233 e. The highest BCUT2D eigenvalue weighted by atomic mass is 32.2. The van der Waals surface area contributed by atoms with E-state index in [0.717, 1.165) is 24.3 Å². The van der Waals surface area contributed by atoms with Gasteiger partial charge in [-0.1, -0.05) is 32.9 Å². The number of likely N-dealkylation sites (tertiary alicyclic amines) is 1. The van der Waals surface area contributed by atoms with Crippen molar-refractivity contribution in [3.63, 3.8) is 0 Å². The molecule has 0 aromatic heterocycles. The predicted molar refractivity (Wildman–Crippen MR) is 89.7 cm³/mol. The summed E-state index contributed by atoms with van der Waals surface area (Å²) in [5.74, 6) is 0.721. The van der Waals surface area contributed by atoms with Gasteiger partial charge in [-0.15, -0.1) is 11.8 Å². The number of nitrogens with zero attached hydrogens (tertiary/aromatic N) is 1. The summed E-state index contributed by atoms with van der Waals surface area (Å²) < 4.78 is 0. The first-order chi connectivity index (χ1) is 9.91. The zero-order valence-electron chi connectivity index (χ0n) is 13.3. The van der Waals surface area contributed by atoms with Gasteiger partial charge in [0.05, 0.1) is 5.75 Å². The van der Waals surface area contributed by atoms with Crippen molar-refractivity contribution < 1.29 is 4.79 Å². The van der Waals surface area contributed by atoms with Crippen molar-refractivity contribution in [1.29, 1.82) is 0 Å². The van der Waals surface area contributed by atoms with Crippen LogP contribution in [0.1, 0.15) is 39.2 Å². The number of benzene rings is 1. The maximum atomic E-state index is 12.3. The molecule has 3 nitrogen and oxygen atoms in total. The van der Waals surface area contributed by atoms with Crippen LogP contribution in [0.5, 0.6) is 0 Å². The molecule has 1 fully saturated rings. The monoisotopic (exact) mass is 306 g/mol. The summed E-state index contributed by atoms with van der Waals surface area (Å²) in [5.41, 5.74) is 7.22. The SMILES string of the molecule is CC(C)(C)c1ccc(SCC(=O)N2CCCC2CN)cc1. The van der Waals surface area contributed by atoms with Gasteiger partial charge in [0.2, 0.25) is 5.91 Å². The van der Waals surface area contributed by atoms with E-state index in [4.69, 9.17) is 5.73 Å². The van der Waals surface area contributed by atoms with E-state index >= 15 is 0 Å². The lowest BCUT2D eigenvalue weighted by molar-refractivity contribution is -0.128. The molecule has 1 unspecified atom stereocenters. The molecule has 2 rings (SSSR count). The molecule has 116 valence electrons. The molecule has 1 aliphatic rings. The molecule has 1 aromatic carbocycles. The molecule has 2 N–H and O–H groups in total. The number of carbonyl (C=O) groups excluding carboxylic acids is 1. The van der Waals surface area contributed by atoms with Crippen LogP contribution in [0.2, 0.25) is 0 Å². The van der Waals surface area contributed by atoms with Gasteiger partial charge in [-0.25, -0.2) is 0 Å². The molecule has 1 aliphatic heterocycles. The maximum Gasteiger partial charge on any atom is 0.233 e. The van der Waals surface area contributed by atoms with Crippen molar-refractivity contribution in [3.8, 4) is 0 Å². The normalized spacial score (nSPS) is 19.0. The zero-order valence-corrected chi connectivity index (χ0v) is 14.1. The van der Waals surface area contributed by atoms with Crippen molar-refractivity contribution in [2.75, 3.05) is 18.8 Å². The average Bonchev–Trinajstić information content (AvgIpc) is 2.92. The molecule has 1 atom stereocenters. The second kappa shape index (κ2) is 6.84. The molecule has 0 bridgehead atoms. The molecule has 0 spiro atoms. The highest BCUT2D eigenvalue weighted by Crippen LogP contribution is 2.26. The molecule has 0 radical (unpaired) electrons. The van der Waals surface area contributed by atoms with Gasteiger partial charge in [-0.2, -0.15) is 0 Å². The first-order valence-electron chi connectivity index (χ1n) is 7.64.